The Morgan fingerprint density at radius 3 is 2.80 bits per heavy atom. The normalized spacial score (nSPS) is 14.6. The van der Waals surface area contributed by atoms with Crippen molar-refractivity contribution in [3.63, 3.8) is 0 Å². The fourth-order valence-electron chi connectivity index (χ4n) is 3.78. The van der Waals surface area contributed by atoms with Crippen molar-refractivity contribution in [1.29, 1.82) is 0 Å². The van der Waals surface area contributed by atoms with Crippen LogP contribution in [-0.4, -0.2) is 41.6 Å². The number of carbonyl (C=O) groups is 1. The van der Waals surface area contributed by atoms with Gasteiger partial charge >= 0.3 is 6.03 Å². The topological polar surface area (TPSA) is 57.7 Å². The van der Waals surface area contributed by atoms with Crippen LogP contribution in [-0.2, 0) is 0 Å². The van der Waals surface area contributed by atoms with Crippen molar-refractivity contribution >= 4 is 52.7 Å². The minimum Gasteiger partial charge on any atom is -0.497 e. The highest BCUT2D eigenvalue weighted by Crippen LogP contribution is 2.31. The molecule has 1 fully saturated rings. The number of nitrogens with zero attached hydrogens (tertiary/aromatic N) is 3. The number of pyridine rings is 1. The molecule has 4 rings (SSSR count). The largest absolute Gasteiger partial charge is 0.497 e. The number of carbonyl (C=O) groups excluding carboxylic acids is 1. The maximum Gasteiger partial charge on any atom is 0.331 e. The van der Waals surface area contributed by atoms with Crippen molar-refractivity contribution < 1.29 is 9.53 Å². The molecular weight excluding hydrogens is 420 g/mol. The number of piperidine rings is 1. The van der Waals surface area contributed by atoms with Gasteiger partial charge in [0, 0.05) is 53.2 Å². The van der Waals surface area contributed by atoms with Crippen molar-refractivity contribution in [2.75, 3.05) is 30.4 Å². The summed E-state index contributed by atoms with van der Waals surface area (Å²) in [6.45, 7) is 1.64. The molecule has 3 aromatic rings. The number of hydrogen-bond acceptors (Lipinski definition) is 5. The maximum atomic E-state index is 12.6. The molecule has 1 aliphatic rings. The molecule has 2 amide bonds. The Kier molecular flexibility index (Phi) is 6.20. The van der Waals surface area contributed by atoms with E-state index in [4.69, 9.17) is 16.3 Å². The van der Waals surface area contributed by atoms with Crippen LogP contribution in [0.5, 0.6) is 5.75 Å². The van der Waals surface area contributed by atoms with Gasteiger partial charge in [-0.3, -0.25) is 9.29 Å². The molecule has 1 saturated heterocycles. The number of methoxy groups -OCH3 is 1. The number of nitrogens with one attached hydrogen (secondary N) is 1. The summed E-state index contributed by atoms with van der Waals surface area (Å²) < 4.78 is 6.70. The molecular formula is C22H23ClN4O2S. The van der Waals surface area contributed by atoms with Gasteiger partial charge in [0.25, 0.3) is 0 Å². The Balaban J connectivity index is 1.40. The SMILES string of the molecule is COc1cccc(NC(=O)N(S)C2CCN(c3ccnc4ccc(Cl)cc34)CC2)c1. The van der Waals surface area contributed by atoms with Gasteiger partial charge in [0.2, 0.25) is 0 Å². The number of thiol groups is 1. The molecule has 1 aliphatic heterocycles. The summed E-state index contributed by atoms with van der Waals surface area (Å²) in [5.41, 5.74) is 2.72. The molecule has 1 N–H and O–H groups in total. The first-order valence-electron chi connectivity index (χ1n) is 9.77. The lowest BCUT2D eigenvalue weighted by Gasteiger charge is -2.37. The number of rotatable bonds is 4. The molecule has 0 saturated carbocycles. The smallest absolute Gasteiger partial charge is 0.331 e. The van der Waals surface area contributed by atoms with Crippen LogP contribution in [0.3, 0.4) is 0 Å². The lowest BCUT2D eigenvalue weighted by atomic mass is 10.0. The predicted molar refractivity (Wildman–Crippen MR) is 125 cm³/mol. The number of anilines is 2. The van der Waals surface area contributed by atoms with Gasteiger partial charge in [0.15, 0.2) is 0 Å². The number of hydrogen-bond donors (Lipinski definition) is 2. The summed E-state index contributed by atoms with van der Waals surface area (Å²) in [7, 11) is 1.60. The number of ether oxygens (including phenoxy) is 1. The van der Waals surface area contributed by atoms with Crippen LogP contribution in [0.15, 0.2) is 54.7 Å². The zero-order valence-corrected chi connectivity index (χ0v) is 18.2. The second-order valence-corrected chi connectivity index (χ2v) is 8.08. The van der Waals surface area contributed by atoms with E-state index in [0.717, 1.165) is 42.5 Å². The van der Waals surface area contributed by atoms with E-state index in [2.05, 4.69) is 28.0 Å². The van der Waals surface area contributed by atoms with Crippen LogP contribution in [0.2, 0.25) is 5.02 Å². The summed E-state index contributed by atoms with van der Waals surface area (Å²) >= 11 is 10.7. The van der Waals surface area contributed by atoms with Gasteiger partial charge < -0.3 is 15.0 Å². The van der Waals surface area contributed by atoms with Crippen LogP contribution in [0.4, 0.5) is 16.2 Å². The summed E-state index contributed by atoms with van der Waals surface area (Å²) in [6, 6.07) is 14.8. The van der Waals surface area contributed by atoms with Crippen LogP contribution in [0, 0.1) is 0 Å². The average Bonchev–Trinajstić information content (AvgIpc) is 2.78. The standard InChI is InChI=1S/C22H23ClN4O2S/c1-29-18-4-2-3-16(14-18)25-22(28)27(30)17-8-11-26(12-9-17)21-7-10-24-20-6-5-15(23)13-19(20)21/h2-7,10,13-14,17,30H,8-9,11-12H2,1H3,(H,25,28). The van der Waals surface area contributed by atoms with Crippen molar-refractivity contribution in [2.24, 2.45) is 0 Å². The van der Waals surface area contributed by atoms with E-state index in [1.54, 1.807) is 13.2 Å². The van der Waals surface area contributed by atoms with Crippen LogP contribution >= 0.6 is 24.4 Å². The quantitative estimate of drug-likeness (QED) is 0.542. The minimum absolute atomic E-state index is 0.0480. The van der Waals surface area contributed by atoms with Crippen molar-refractivity contribution in [3.05, 3.63) is 59.8 Å². The molecule has 0 atom stereocenters. The molecule has 2 aromatic carbocycles. The first kappa shape index (κ1) is 20.6. The highest BCUT2D eigenvalue weighted by atomic mass is 35.5. The summed E-state index contributed by atoms with van der Waals surface area (Å²) in [5.74, 6) is 0.691. The molecule has 156 valence electrons. The first-order valence-corrected chi connectivity index (χ1v) is 10.6. The van der Waals surface area contributed by atoms with Crippen LogP contribution in [0.25, 0.3) is 10.9 Å². The Bertz CT molecular complexity index is 1060. The monoisotopic (exact) mass is 442 g/mol. The fraction of sp³-hybridized carbons (Fsp3) is 0.273. The van der Waals surface area contributed by atoms with Gasteiger partial charge in [0.1, 0.15) is 5.75 Å². The van der Waals surface area contributed by atoms with Gasteiger partial charge in [-0.15, -0.1) is 0 Å². The Hall–Kier alpha value is -2.64. The molecule has 2 heterocycles. The maximum absolute atomic E-state index is 12.6. The summed E-state index contributed by atoms with van der Waals surface area (Å²) in [4.78, 5) is 19.4. The highest BCUT2D eigenvalue weighted by Gasteiger charge is 2.27. The lowest BCUT2D eigenvalue weighted by molar-refractivity contribution is 0.223. The number of amides is 2. The van der Waals surface area contributed by atoms with Crippen molar-refractivity contribution in [1.82, 2.24) is 9.29 Å². The zero-order chi connectivity index (χ0) is 21.1. The average molecular weight is 443 g/mol. The van der Waals surface area contributed by atoms with E-state index >= 15 is 0 Å². The number of benzene rings is 2. The van der Waals surface area contributed by atoms with E-state index in [1.165, 1.54) is 4.31 Å². The molecule has 0 aliphatic carbocycles. The van der Waals surface area contributed by atoms with E-state index in [-0.39, 0.29) is 12.1 Å². The van der Waals surface area contributed by atoms with Gasteiger partial charge in [-0.25, -0.2) is 4.79 Å². The number of aromatic nitrogens is 1. The van der Waals surface area contributed by atoms with Gasteiger partial charge in [0.05, 0.1) is 12.6 Å². The van der Waals surface area contributed by atoms with E-state index in [9.17, 15) is 4.79 Å². The minimum atomic E-state index is -0.244. The van der Waals surface area contributed by atoms with E-state index < -0.39 is 0 Å². The highest BCUT2D eigenvalue weighted by molar-refractivity contribution is 7.78. The van der Waals surface area contributed by atoms with Crippen molar-refractivity contribution in [3.8, 4) is 5.75 Å². The number of halogens is 1. The summed E-state index contributed by atoms with van der Waals surface area (Å²) in [6.07, 6.45) is 3.46. The molecule has 8 heteroatoms. The number of urea groups is 1. The molecule has 0 bridgehead atoms. The molecule has 30 heavy (non-hydrogen) atoms. The van der Waals surface area contributed by atoms with E-state index in [0.29, 0.717) is 16.5 Å². The van der Waals surface area contributed by atoms with Crippen molar-refractivity contribution in [2.45, 2.75) is 18.9 Å². The lowest BCUT2D eigenvalue weighted by Crippen LogP contribution is -2.44. The first-order chi connectivity index (χ1) is 14.5. The third-order valence-corrected chi connectivity index (χ3v) is 6.10. The summed E-state index contributed by atoms with van der Waals surface area (Å²) in [5, 5.41) is 4.62. The molecule has 6 nitrogen and oxygen atoms in total. The van der Waals surface area contributed by atoms with Gasteiger partial charge in [-0.05, 0) is 49.2 Å². The molecule has 0 spiro atoms. The second kappa shape index (κ2) is 9.02. The van der Waals surface area contributed by atoms with Gasteiger partial charge in [-0.1, -0.05) is 30.5 Å². The second-order valence-electron chi connectivity index (χ2n) is 7.22. The Morgan fingerprint density at radius 1 is 1.23 bits per heavy atom. The third-order valence-electron chi connectivity index (χ3n) is 5.36. The molecule has 0 unspecified atom stereocenters. The Labute approximate surface area is 186 Å². The Morgan fingerprint density at radius 2 is 2.03 bits per heavy atom. The zero-order valence-electron chi connectivity index (χ0n) is 16.6. The fourth-order valence-corrected chi connectivity index (χ4v) is 4.23. The van der Waals surface area contributed by atoms with Crippen LogP contribution in [0.1, 0.15) is 12.8 Å². The molecule has 1 aromatic heterocycles. The van der Waals surface area contributed by atoms with E-state index in [1.807, 2.05) is 48.7 Å². The number of fused-ring (bicyclic) bond motifs is 1. The predicted octanol–water partition coefficient (Wildman–Crippen LogP) is 5.24. The molecule has 0 radical (unpaired) electrons. The van der Waals surface area contributed by atoms with Gasteiger partial charge in [-0.2, -0.15) is 0 Å². The van der Waals surface area contributed by atoms with Crippen LogP contribution < -0.4 is 15.0 Å². The third kappa shape index (κ3) is 4.42.